The van der Waals surface area contributed by atoms with Crippen LogP contribution in [0.25, 0.3) is 0 Å². The van der Waals surface area contributed by atoms with E-state index in [0.717, 1.165) is 0 Å². The zero-order valence-electron chi connectivity index (χ0n) is 8.50. The van der Waals surface area contributed by atoms with Gasteiger partial charge in [-0.25, -0.2) is 0 Å². The third-order valence-electron chi connectivity index (χ3n) is 3.56. The average Bonchev–Trinajstić information content (AvgIpc) is 2.06. The summed E-state index contributed by atoms with van der Waals surface area (Å²) >= 11 is -1.84. The Morgan fingerprint density at radius 1 is 0.727 bits per heavy atom. The normalized spacial score (nSPS) is 23.5. The molecule has 0 spiro atoms. The van der Waals surface area contributed by atoms with Crippen molar-refractivity contribution in [2.75, 3.05) is 0 Å². The van der Waals surface area contributed by atoms with E-state index in [2.05, 4.69) is 37.6 Å². The van der Waals surface area contributed by atoms with Crippen LogP contribution in [0.2, 0.25) is 9.88 Å². The Kier molecular flexibility index (Phi) is 2.26. The Morgan fingerprint density at radius 3 is 1.09 bits per heavy atom. The summed E-state index contributed by atoms with van der Waals surface area (Å²) in [6, 6.07) is 0. The van der Waals surface area contributed by atoms with Crippen molar-refractivity contribution in [3.05, 3.63) is 18.3 Å². The summed E-state index contributed by atoms with van der Waals surface area (Å²) in [5.41, 5.74) is 3.17. The quantitative estimate of drug-likeness (QED) is 0.583. The zero-order valence-corrected chi connectivity index (χ0v) is 11.4. The zero-order chi connectivity index (χ0) is 8.81. The summed E-state index contributed by atoms with van der Waals surface area (Å²) < 4.78 is 3.49. The maximum atomic E-state index is 2.51. The second kappa shape index (κ2) is 2.65. The molecule has 0 atom stereocenters. The molecule has 0 nitrogen and oxygen atoms in total. The maximum absolute atomic E-state index is 2.51. The molecule has 0 bridgehead atoms. The van der Waals surface area contributed by atoms with Gasteiger partial charge in [-0.2, -0.15) is 0 Å². The Balaban J connectivity index is 3.27. The van der Waals surface area contributed by atoms with E-state index in [1.165, 1.54) is 0 Å². The standard InChI is InChI=1S/C8H12.2CH3.Sn/c1-5-7(3)8(4)6-2;;;/h1-4H3;2*1H3;. The van der Waals surface area contributed by atoms with Crippen molar-refractivity contribution >= 4 is 18.4 Å². The summed E-state index contributed by atoms with van der Waals surface area (Å²) in [5.74, 6) is 0. The Morgan fingerprint density at radius 2 is 1.00 bits per heavy atom. The van der Waals surface area contributed by atoms with E-state index in [1.807, 2.05) is 0 Å². The van der Waals surface area contributed by atoms with E-state index >= 15 is 0 Å². The van der Waals surface area contributed by atoms with E-state index in [1.54, 1.807) is 18.3 Å². The van der Waals surface area contributed by atoms with Crippen LogP contribution < -0.4 is 0 Å². The molecule has 0 aromatic heterocycles. The third-order valence-corrected chi connectivity index (χ3v) is 16.4. The van der Waals surface area contributed by atoms with Gasteiger partial charge in [0.05, 0.1) is 0 Å². The molecule has 0 aliphatic carbocycles. The summed E-state index contributed by atoms with van der Waals surface area (Å²) in [5, 5.41) is 0. The van der Waals surface area contributed by atoms with Gasteiger partial charge in [0.1, 0.15) is 0 Å². The molecule has 0 radical (unpaired) electrons. The Hall–Kier alpha value is 0.279. The molecule has 0 saturated carbocycles. The Bertz CT molecular complexity index is 228. The first-order valence-corrected chi connectivity index (χ1v) is 12.8. The van der Waals surface area contributed by atoms with E-state index in [0.29, 0.717) is 0 Å². The van der Waals surface area contributed by atoms with Crippen molar-refractivity contribution in [2.24, 2.45) is 0 Å². The second-order valence-electron chi connectivity index (χ2n) is 4.12. The van der Waals surface area contributed by atoms with Gasteiger partial charge in [-0.3, -0.25) is 0 Å². The van der Waals surface area contributed by atoms with Gasteiger partial charge in [0.25, 0.3) is 0 Å². The molecule has 1 heterocycles. The molecule has 1 rings (SSSR count). The van der Waals surface area contributed by atoms with Gasteiger partial charge in [-0.15, -0.1) is 0 Å². The minimum absolute atomic E-state index is 1.59. The van der Waals surface area contributed by atoms with Gasteiger partial charge < -0.3 is 0 Å². The van der Waals surface area contributed by atoms with E-state index in [4.69, 9.17) is 0 Å². The van der Waals surface area contributed by atoms with Crippen molar-refractivity contribution < 1.29 is 0 Å². The molecule has 0 unspecified atom stereocenters. The first-order chi connectivity index (χ1) is 4.89. The average molecular weight is 257 g/mol. The van der Waals surface area contributed by atoms with Crippen molar-refractivity contribution in [1.29, 1.82) is 0 Å². The van der Waals surface area contributed by atoms with Gasteiger partial charge in [0, 0.05) is 0 Å². The van der Waals surface area contributed by atoms with Crippen LogP contribution in [0.5, 0.6) is 0 Å². The molecular formula is C10H18Sn. The molecule has 0 fully saturated rings. The molecular weight excluding hydrogens is 239 g/mol. The molecule has 0 aromatic carbocycles. The van der Waals surface area contributed by atoms with Crippen molar-refractivity contribution in [3.63, 3.8) is 0 Å². The van der Waals surface area contributed by atoms with Gasteiger partial charge in [-0.05, 0) is 0 Å². The number of allylic oxidation sites excluding steroid dienone is 4. The van der Waals surface area contributed by atoms with Gasteiger partial charge >= 0.3 is 74.3 Å². The molecule has 0 saturated heterocycles. The first kappa shape index (κ1) is 9.37. The number of hydrogen-bond donors (Lipinski definition) is 0. The van der Waals surface area contributed by atoms with Crippen LogP contribution in [0.4, 0.5) is 0 Å². The molecule has 0 N–H and O–H groups in total. The topological polar surface area (TPSA) is 0 Å². The Labute approximate surface area is 74.3 Å². The predicted molar refractivity (Wildman–Crippen MR) is 54.2 cm³/mol. The molecule has 0 aromatic rings. The van der Waals surface area contributed by atoms with Gasteiger partial charge in [0.2, 0.25) is 0 Å². The van der Waals surface area contributed by atoms with E-state index in [-0.39, 0.29) is 0 Å². The van der Waals surface area contributed by atoms with Crippen molar-refractivity contribution in [1.82, 2.24) is 0 Å². The van der Waals surface area contributed by atoms with Crippen LogP contribution in [-0.2, 0) is 0 Å². The number of rotatable bonds is 0. The summed E-state index contributed by atoms with van der Waals surface area (Å²) in [6.45, 7) is 9.23. The fourth-order valence-electron chi connectivity index (χ4n) is 1.78. The van der Waals surface area contributed by atoms with Crippen molar-refractivity contribution in [2.45, 2.75) is 37.6 Å². The number of hydrogen-bond acceptors (Lipinski definition) is 0. The molecule has 11 heavy (non-hydrogen) atoms. The summed E-state index contributed by atoms with van der Waals surface area (Å²) in [7, 11) is 0. The van der Waals surface area contributed by atoms with Crippen LogP contribution in [-0.4, -0.2) is 18.4 Å². The van der Waals surface area contributed by atoms with Crippen LogP contribution in [0.1, 0.15) is 27.7 Å². The van der Waals surface area contributed by atoms with Gasteiger partial charge in [0.15, 0.2) is 0 Å². The van der Waals surface area contributed by atoms with Crippen LogP contribution in [0, 0.1) is 0 Å². The summed E-state index contributed by atoms with van der Waals surface area (Å²) in [6.07, 6.45) is 0. The fourth-order valence-corrected chi connectivity index (χ4v) is 9.81. The molecule has 1 heteroatoms. The van der Waals surface area contributed by atoms with E-state index in [9.17, 15) is 0 Å². The fraction of sp³-hybridized carbons (Fsp3) is 0.600. The SMILES string of the molecule is CC1=[C](C)[Sn]([CH3])([CH3])[C](C)=C1C. The van der Waals surface area contributed by atoms with Crippen LogP contribution >= 0.6 is 0 Å². The molecule has 1 aliphatic rings. The molecule has 62 valence electrons. The van der Waals surface area contributed by atoms with E-state index < -0.39 is 18.4 Å². The molecule has 0 amide bonds. The van der Waals surface area contributed by atoms with Crippen molar-refractivity contribution in [3.8, 4) is 0 Å². The summed E-state index contributed by atoms with van der Waals surface area (Å²) in [4.78, 5) is 5.03. The third kappa shape index (κ3) is 1.20. The predicted octanol–water partition coefficient (Wildman–Crippen LogP) is 3.46. The van der Waals surface area contributed by atoms with Crippen LogP contribution in [0.15, 0.2) is 18.3 Å². The van der Waals surface area contributed by atoms with Crippen LogP contribution in [0.3, 0.4) is 0 Å². The molecule has 1 aliphatic heterocycles. The second-order valence-corrected chi connectivity index (χ2v) is 17.7. The van der Waals surface area contributed by atoms with Gasteiger partial charge in [-0.1, -0.05) is 0 Å². The minimum atomic E-state index is -1.84. The first-order valence-electron chi connectivity index (χ1n) is 4.25. The monoisotopic (exact) mass is 258 g/mol.